The van der Waals surface area contributed by atoms with Crippen molar-refractivity contribution >= 4 is 61.5 Å². The fourth-order valence-electron chi connectivity index (χ4n) is 1.28. The smallest absolute Gasteiger partial charge is 0.170 e. The van der Waals surface area contributed by atoms with Gasteiger partial charge >= 0.3 is 0 Å². The molecule has 1 rings (SSSR count). The quantitative estimate of drug-likeness (QED) is 0.399. The van der Waals surface area contributed by atoms with Gasteiger partial charge in [0.2, 0.25) is 0 Å². The van der Waals surface area contributed by atoms with E-state index < -0.39 is 0 Å². The summed E-state index contributed by atoms with van der Waals surface area (Å²) in [5, 5.41) is 6.94. The highest BCUT2D eigenvalue weighted by atomic mass is 127. The lowest BCUT2D eigenvalue weighted by atomic mass is 10.3. The number of ether oxygens (including phenoxy) is 1. The maximum absolute atomic E-state index is 5.25. The van der Waals surface area contributed by atoms with Gasteiger partial charge in [-0.05, 0) is 82.3 Å². The topological polar surface area (TPSA) is 33.3 Å². The third kappa shape index (κ3) is 6.31. The van der Waals surface area contributed by atoms with Gasteiger partial charge in [0.15, 0.2) is 5.11 Å². The average Bonchev–Trinajstić information content (AvgIpc) is 2.32. The van der Waals surface area contributed by atoms with Crippen LogP contribution in [0.4, 0.5) is 5.69 Å². The summed E-state index contributed by atoms with van der Waals surface area (Å²) in [5.41, 5.74) is 0.970. The van der Waals surface area contributed by atoms with E-state index >= 15 is 0 Å². The molecule has 0 aliphatic heterocycles. The van der Waals surface area contributed by atoms with Crippen LogP contribution >= 0.6 is 50.7 Å². The Kier molecular flexibility index (Phi) is 8.12. The standard InChI is InChI=1S/C12H16BrIN2OS/c1-2-17-7-3-6-15-12(18)16-11-5-4-9(14)8-10(11)13/h4-5,8H,2-3,6-7H2,1H3,(H2,15,16,18). The van der Waals surface area contributed by atoms with Crippen LogP contribution in [0.3, 0.4) is 0 Å². The Hall–Kier alpha value is 0.0800. The average molecular weight is 443 g/mol. The second kappa shape index (κ2) is 9.06. The molecule has 0 fully saturated rings. The molecular formula is C12H16BrIN2OS. The van der Waals surface area contributed by atoms with Crippen molar-refractivity contribution < 1.29 is 4.74 Å². The van der Waals surface area contributed by atoms with Crippen molar-refractivity contribution in [2.24, 2.45) is 0 Å². The van der Waals surface area contributed by atoms with Crippen LogP contribution in [0.15, 0.2) is 22.7 Å². The maximum Gasteiger partial charge on any atom is 0.170 e. The van der Waals surface area contributed by atoms with E-state index in [1.807, 2.05) is 25.1 Å². The number of nitrogens with one attached hydrogen (secondary N) is 2. The summed E-state index contributed by atoms with van der Waals surface area (Å²) in [4.78, 5) is 0. The summed E-state index contributed by atoms with van der Waals surface area (Å²) in [6, 6.07) is 6.08. The monoisotopic (exact) mass is 442 g/mol. The largest absolute Gasteiger partial charge is 0.382 e. The van der Waals surface area contributed by atoms with Crippen molar-refractivity contribution in [2.75, 3.05) is 25.1 Å². The summed E-state index contributed by atoms with van der Waals surface area (Å²) < 4.78 is 7.44. The van der Waals surface area contributed by atoms with E-state index in [-0.39, 0.29) is 0 Å². The second-order valence-corrected chi connectivity index (χ2v) is 6.06. The highest BCUT2D eigenvalue weighted by molar-refractivity contribution is 14.1. The first kappa shape index (κ1) is 16.1. The Morgan fingerprint density at radius 1 is 1.50 bits per heavy atom. The first-order valence-corrected chi connectivity index (χ1v) is 7.99. The second-order valence-electron chi connectivity index (χ2n) is 3.56. The Balaban J connectivity index is 2.31. The normalized spacial score (nSPS) is 10.2. The van der Waals surface area contributed by atoms with Crippen LogP contribution in [-0.2, 0) is 4.74 Å². The number of benzene rings is 1. The molecule has 2 N–H and O–H groups in total. The fourth-order valence-corrected chi connectivity index (χ4v) is 2.89. The molecule has 0 heterocycles. The highest BCUT2D eigenvalue weighted by Gasteiger charge is 2.02. The Labute approximate surface area is 135 Å². The number of hydrogen-bond acceptors (Lipinski definition) is 2. The lowest BCUT2D eigenvalue weighted by Gasteiger charge is -2.12. The van der Waals surface area contributed by atoms with E-state index in [2.05, 4.69) is 49.2 Å². The summed E-state index contributed by atoms with van der Waals surface area (Å²) in [7, 11) is 0. The molecule has 100 valence electrons. The Morgan fingerprint density at radius 2 is 2.28 bits per heavy atom. The minimum Gasteiger partial charge on any atom is -0.382 e. The zero-order valence-electron chi connectivity index (χ0n) is 10.1. The zero-order valence-corrected chi connectivity index (χ0v) is 14.7. The number of anilines is 1. The van der Waals surface area contributed by atoms with E-state index in [1.54, 1.807) is 0 Å². The molecule has 1 aromatic carbocycles. The molecule has 0 saturated carbocycles. The number of hydrogen-bond donors (Lipinski definition) is 2. The molecule has 0 spiro atoms. The first-order valence-electron chi connectivity index (χ1n) is 5.71. The lowest BCUT2D eigenvalue weighted by molar-refractivity contribution is 0.146. The Bertz CT molecular complexity index is 404. The molecule has 0 aliphatic carbocycles. The molecule has 0 bridgehead atoms. The van der Waals surface area contributed by atoms with Crippen molar-refractivity contribution in [3.05, 3.63) is 26.2 Å². The van der Waals surface area contributed by atoms with Gasteiger partial charge in [-0.2, -0.15) is 0 Å². The summed E-state index contributed by atoms with van der Waals surface area (Å²) in [6.45, 7) is 4.33. The number of rotatable bonds is 6. The van der Waals surface area contributed by atoms with Gasteiger partial charge in [0, 0.05) is 27.8 Å². The van der Waals surface area contributed by atoms with Gasteiger partial charge < -0.3 is 15.4 Å². The molecule has 0 radical (unpaired) electrons. The van der Waals surface area contributed by atoms with Crippen LogP contribution in [0.1, 0.15) is 13.3 Å². The molecule has 0 unspecified atom stereocenters. The molecule has 6 heteroatoms. The van der Waals surface area contributed by atoms with Crippen LogP contribution < -0.4 is 10.6 Å². The lowest BCUT2D eigenvalue weighted by Crippen LogP contribution is -2.29. The molecule has 0 atom stereocenters. The minimum absolute atomic E-state index is 0.633. The fraction of sp³-hybridized carbons (Fsp3) is 0.417. The van der Waals surface area contributed by atoms with Gasteiger partial charge in [0.25, 0.3) is 0 Å². The molecular weight excluding hydrogens is 427 g/mol. The van der Waals surface area contributed by atoms with Crippen LogP contribution in [0, 0.1) is 3.57 Å². The SMILES string of the molecule is CCOCCCNC(=S)Nc1ccc(I)cc1Br. The first-order chi connectivity index (χ1) is 8.63. The van der Waals surface area contributed by atoms with Gasteiger partial charge in [-0.25, -0.2) is 0 Å². The molecule has 0 aromatic heterocycles. The van der Waals surface area contributed by atoms with Gasteiger partial charge in [0.05, 0.1) is 5.69 Å². The van der Waals surface area contributed by atoms with Crippen LogP contribution in [0.5, 0.6) is 0 Å². The van der Waals surface area contributed by atoms with Gasteiger partial charge in [-0.1, -0.05) is 0 Å². The van der Waals surface area contributed by atoms with Crippen LogP contribution in [0.2, 0.25) is 0 Å². The van der Waals surface area contributed by atoms with E-state index in [1.165, 1.54) is 3.57 Å². The molecule has 0 amide bonds. The molecule has 3 nitrogen and oxygen atoms in total. The van der Waals surface area contributed by atoms with Gasteiger partial charge in [0.1, 0.15) is 0 Å². The Morgan fingerprint density at radius 3 is 2.94 bits per heavy atom. The minimum atomic E-state index is 0.633. The molecule has 0 aliphatic rings. The third-order valence-corrected chi connectivity index (χ3v) is 3.71. The zero-order chi connectivity index (χ0) is 13.4. The maximum atomic E-state index is 5.25. The van der Waals surface area contributed by atoms with Gasteiger partial charge in [-0.3, -0.25) is 0 Å². The molecule has 18 heavy (non-hydrogen) atoms. The van der Waals surface area contributed by atoms with Crippen molar-refractivity contribution in [1.82, 2.24) is 5.32 Å². The van der Waals surface area contributed by atoms with E-state index in [9.17, 15) is 0 Å². The van der Waals surface area contributed by atoms with E-state index in [0.717, 1.165) is 36.3 Å². The van der Waals surface area contributed by atoms with Crippen molar-refractivity contribution in [3.8, 4) is 0 Å². The highest BCUT2D eigenvalue weighted by Crippen LogP contribution is 2.24. The van der Waals surface area contributed by atoms with Crippen LogP contribution in [-0.4, -0.2) is 24.9 Å². The van der Waals surface area contributed by atoms with Crippen LogP contribution in [0.25, 0.3) is 0 Å². The predicted octanol–water partition coefficient (Wildman–Crippen LogP) is 3.77. The molecule has 0 saturated heterocycles. The number of thiocarbonyl (C=S) groups is 1. The van der Waals surface area contributed by atoms with Crippen molar-refractivity contribution in [1.29, 1.82) is 0 Å². The van der Waals surface area contributed by atoms with Crippen molar-refractivity contribution in [3.63, 3.8) is 0 Å². The predicted molar refractivity (Wildman–Crippen MR) is 92.2 cm³/mol. The number of halogens is 2. The van der Waals surface area contributed by atoms with E-state index in [4.69, 9.17) is 17.0 Å². The van der Waals surface area contributed by atoms with Crippen molar-refractivity contribution in [2.45, 2.75) is 13.3 Å². The molecule has 1 aromatic rings. The summed E-state index contributed by atoms with van der Waals surface area (Å²) in [6.07, 6.45) is 0.948. The summed E-state index contributed by atoms with van der Waals surface area (Å²) in [5.74, 6) is 0. The van der Waals surface area contributed by atoms with E-state index in [0.29, 0.717) is 5.11 Å². The summed E-state index contributed by atoms with van der Waals surface area (Å²) >= 11 is 11.0. The third-order valence-electron chi connectivity index (χ3n) is 2.13. The van der Waals surface area contributed by atoms with Gasteiger partial charge in [-0.15, -0.1) is 0 Å².